The van der Waals surface area contributed by atoms with Gasteiger partial charge in [0.25, 0.3) is 6.47 Å². The molecule has 162 valence electrons. The number of aliphatic hydroxyl groups is 1. The normalized spacial score (nSPS) is 14.2. The molecule has 0 radical (unpaired) electrons. The van der Waals surface area contributed by atoms with Gasteiger partial charge >= 0.3 is 0 Å². The maximum absolute atomic E-state index is 9.60. The second-order valence-corrected chi connectivity index (χ2v) is 8.05. The number of ether oxygens (including phenoxy) is 1. The van der Waals surface area contributed by atoms with Crippen LogP contribution in [0.4, 0.5) is 5.69 Å². The third-order valence-electron chi connectivity index (χ3n) is 4.48. The van der Waals surface area contributed by atoms with Gasteiger partial charge in [-0.3, -0.25) is 9.78 Å². The molecular formula is C24H33N3O3. The lowest BCUT2D eigenvalue weighted by molar-refractivity contribution is -0.138. The van der Waals surface area contributed by atoms with E-state index in [1.54, 1.807) is 0 Å². The lowest BCUT2D eigenvalue weighted by Gasteiger charge is -2.29. The number of hydrogen-bond donors (Lipinski definition) is 2. The molecule has 1 aromatic carbocycles. The number of rotatable bonds is 6. The maximum atomic E-state index is 9.60. The fraction of sp³-hybridized carbons (Fsp3) is 0.417. The molecular weight excluding hydrogens is 378 g/mol. The number of nitrogens with one attached hydrogen (secondary N) is 1. The fourth-order valence-electron chi connectivity index (χ4n) is 2.86. The Morgan fingerprint density at radius 2 is 1.80 bits per heavy atom. The summed E-state index contributed by atoms with van der Waals surface area (Å²) in [5.41, 5.74) is 4.13. The van der Waals surface area contributed by atoms with Crippen LogP contribution in [0.1, 0.15) is 37.6 Å². The zero-order valence-corrected chi connectivity index (χ0v) is 18.2. The Morgan fingerprint density at radius 3 is 2.30 bits per heavy atom. The van der Waals surface area contributed by atoms with Crippen molar-refractivity contribution in [3.8, 4) is 0 Å². The molecule has 1 aliphatic rings. The van der Waals surface area contributed by atoms with Crippen molar-refractivity contribution < 1.29 is 14.6 Å². The number of pyridine rings is 1. The number of carbonyl (C=O) groups is 1. The van der Waals surface area contributed by atoms with E-state index in [1.165, 1.54) is 5.69 Å². The third kappa shape index (κ3) is 8.76. The molecule has 2 heterocycles. The highest BCUT2D eigenvalue weighted by Crippen LogP contribution is 2.15. The van der Waals surface area contributed by atoms with E-state index in [1.807, 2.05) is 33.0 Å². The van der Waals surface area contributed by atoms with E-state index in [4.69, 9.17) is 5.11 Å². The van der Waals surface area contributed by atoms with Crippen molar-refractivity contribution in [1.82, 2.24) is 10.3 Å². The molecule has 0 bridgehead atoms. The van der Waals surface area contributed by atoms with E-state index < -0.39 is 0 Å². The summed E-state index contributed by atoms with van der Waals surface area (Å²) in [6.45, 7) is 10.3. The van der Waals surface area contributed by atoms with Crippen LogP contribution in [0.3, 0.4) is 0 Å². The van der Waals surface area contributed by atoms with Gasteiger partial charge in [0.1, 0.15) is 5.60 Å². The number of anilines is 1. The molecule has 1 aliphatic heterocycles. The van der Waals surface area contributed by atoms with Crippen LogP contribution in [-0.4, -0.2) is 54.9 Å². The molecule has 6 heteroatoms. The van der Waals surface area contributed by atoms with Crippen LogP contribution in [0.2, 0.25) is 0 Å². The van der Waals surface area contributed by atoms with E-state index >= 15 is 0 Å². The highest BCUT2D eigenvalue weighted by Gasteiger charge is 2.10. The fourth-order valence-corrected chi connectivity index (χ4v) is 2.86. The zero-order chi connectivity index (χ0) is 21.8. The number of aliphatic hydroxyl groups excluding tert-OH is 1. The molecule has 0 atom stereocenters. The van der Waals surface area contributed by atoms with Crippen molar-refractivity contribution in [3.63, 3.8) is 0 Å². The van der Waals surface area contributed by atoms with E-state index in [-0.39, 0.29) is 12.2 Å². The SMILES string of the molecule is CC(C)(C)OC=O.OCCc1ccc(C=Cc2ccc(N3CCNCC3)cn2)cc1. The van der Waals surface area contributed by atoms with Crippen LogP contribution in [0.25, 0.3) is 12.2 Å². The molecule has 1 aromatic heterocycles. The largest absolute Gasteiger partial charge is 0.462 e. The standard InChI is InChI=1S/C19H23N3O.C5H10O2/c23-14-9-17-3-1-16(2-4-17)5-6-18-7-8-19(15-21-18)22-12-10-20-11-13-22;1-5(2,3)7-4-6/h1-8,15,20,23H,9-14H2;4H,1-3H3. The minimum absolute atomic E-state index is 0.193. The number of hydrogen-bond acceptors (Lipinski definition) is 6. The Labute approximate surface area is 179 Å². The molecule has 6 nitrogen and oxygen atoms in total. The summed E-state index contributed by atoms with van der Waals surface area (Å²) in [5.74, 6) is 0. The maximum Gasteiger partial charge on any atom is 0.293 e. The molecule has 0 aliphatic carbocycles. The first-order valence-corrected chi connectivity index (χ1v) is 10.3. The van der Waals surface area contributed by atoms with Crippen molar-refractivity contribution >= 4 is 24.3 Å². The van der Waals surface area contributed by atoms with Crippen molar-refractivity contribution in [2.75, 3.05) is 37.7 Å². The lowest BCUT2D eigenvalue weighted by atomic mass is 10.1. The molecule has 1 fully saturated rings. The van der Waals surface area contributed by atoms with E-state index in [0.29, 0.717) is 12.9 Å². The third-order valence-corrected chi connectivity index (χ3v) is 4.48. The highest BCUT2D eigenvalue weighted by molar-refractivity contribution is 5.68. The molecule has 2 aromatic rings. The first-order chi connectivity index (χ1) is 14.4. The monoisotopic (exact) mass is 411 g/mol. The Kier molecular flexibility index (Phi) is 9.51. The molecule has 0 amide bonds. The van der Waals surface area contributed by atoms with Crippen LogP contribution in [0.15, 0.2) is 42.6 Å². The van der Waals surface area contributed by atoms with Gasteiger partial charge in [-0.2, -0.15) is 0 Å². The number of carbonyl (C=O) groups excluding carboxylic acids is 1. The van der Waals surface area contributed by atoms with Gasteiger partial charge in [0.05, 0.1) is 17.6 Å². The lowest BCUT2D eigenvalue weighted by Crippen LogP contribution is -2.43. The van der Waals surface area contributed by atoms with Crippen LogP contribution >= 0.6 is 0 Å². The topological polar surface area (TPSA) is 74.7 Å². The van der Waals surface area contributed by atoms with Crippen LogP contribution < -0.4 is 10.2 Å². The Hall–Kier alpha value is -2.70. The Morgan fingerprint density at radius 1 is 1.10 bits per heavy atom. The van der Waals surface area contributed by atoms with Gasteiger partial charge in [-0.05, 0) is 56.5 Å². The molecule has 1 saturated heterocycles. The van der Waals surface area contributed by atoms with Gasteiger partial charge in [-0.25, -0.2) is 0 Å². The predicted molar refractivity (Wildman–Crippen MR) is 122 cm³/mol. The summed E-state index contributed by atoms with van der Waals surface area (Å²) in [7, 11) is 0. The van der Waals surface area contributed by atoms with Gasteiger partial charge < -0.3 is 20.1 Å². The number of nitrogens with zero attached hydrogens (tertiary/aromatic N) is 2. The summed E-state index contributed by atoms with van der Waals surface area (Å²) >= 11 is 0. The van der Waals surface area contributed by atoms with Crippen molar-refractivity contribution in [2.24, 2.45) is 0 Å². The second kappa shape index (κ2) is 12.1. The molecule has 3 rings (SSSR count). The number of aromatic nitrogens is 1. The van der Waals surface area contributed by atoms with Crippen LogP contribution in [0, 0.1) is 0 Å². The number of piperazine rings is 1. The van der Waals surface area contributed by atoms with Gasteiger partial charge in [0.2, 0.25) is 0 Å². The zero-order valence-electron chi connectivity index (χ0n) is 18.2. The van der Waals surface area contributed by atoms with Crippen molar-refractivity contribution in [2.45, 2.75) is 32.8 Å². The van der Waals surface area contributed by atoms with Gasteiger partial charge in [0, 0.05) is 32.8 Å². The number of benzene rings is 1. The highest BCUT2D eigenvalue weighted by atomic mass is 16.5. The Bertz CT molecular complexity index is 775. The van der Waals surface area contributed by atoms with Gasteiger partial charge in [-0.15, -0.1) is 0 Å². The molecule has 30 heavy (non-hydrogen) atoms. The molecule has 2 N–H and O–H groups in total. The second-order valence-electron chi connectivity index (χ2n) is 8.05. The summed E-state index contributed by atoms with van der Waals surface area (Å²) in [6.07, 6.45) is 6.76. The first-order valence-electron chi connectivity index (χ1n) is 10.3. The predicted octanol–water partition coefficient (Wildman–Crippen LogP) is 3.15. The van der Waals surface area contributed by atoms with E-state index in [2.05, 4.69) is 62.4 Å². The average molecular weight is 412 g/mol. The van der Waals surface area contributed by atoms with Gasteiger partial charge in [-0.1, -0.05) is 30.3 Å². The van der Waals surface area contributed by atoms with Gasteiger partial charge in [0.15, 0.2) is 0 Å². The summed E-state index contributed by atoms with van der Waals surface area (Å²) in [4.78, 5) is 16.5. The average Bonchev–Trinajstić information content (AvgIpc) is 2.74. The van der Waals surface area contributed by atoms with E-state index in [9.17, 15) is 4.79 Å². The van der Waals surface area contributed by atoms with Crippen molar-refractivity contribution in [1.29, 1.82) is 0 Å². The minimum atomic E-state index is -0.318. The minimum Gasteiger partial charge on any atom is -0.462 e. The van der Waals surface area contributed by atoms with Crippen LogP contribution in [0.5, 0.6) is 0 Å². The summed E-state index contributed by atoms with van der Waals surface area (Å²) in [5, 5.41) is 12.3. The summed E-state index contributed by atoms with van der Waals surface area (Å²) < 4.78 is 4.55. The van der Waals surface area contributed by atoms with E-state index in [0.717, 1.165) is 43.0 Å². The van der Waals surface area contributed by atoms with Crippen molar-refractivity contribution in [3.05, 3.63) is 59.4 Å². The summed E-state index contributed by atoms with van der Waals surface area (Å²) in [6, 6.07) is 12.4. The van der Waals surface area contributed by atoms with Crippen LogP contribution in [-0.2, 0) is 16.0 Å². The molecule has 0 saturated carbocycles. The smallest absolute Gasteiger partial charge is 0.293 e. The molecule has 0 unspecified atom stereocenters. The quantitative estimate of drug-likeness (QED) is 0.712. The molecule has 0 spiro atoms. The Balaban J connectivity index is 0.000000396. The first kappa shape index (κ1) is 23.6.